The first kappa shape index (κ1) is 23.7. The van der Waals surface area contributed by atoms with Crippen molar-refractivity contribution in [1.29, 1.82) is 0 Å². The van der Waals surface area contributed by atoms with Crippen molar-refractivity contribution in [1.82, 2.24) is 4.98 Å². The Balaban J connectivity index is 1.61. The highest BCUT2D eigenvalue weighted by Gasteiger charge is 2.23. The number of fused-ring (bicyclic) bond motifs is 12. The molecule has 39 heavy (non-hydrogen) atoms. The summed E-state index contributed by atoms with van der Waals surface area (Å²) in [6.45, 7) is 8.98. The van der Waals surface area contributed by atoms with Crippen LogP contribution >= 0.6 is 0 Å². The lowest BCUT2D eigenvalue weighted by Gasteiger charge is -2.06. The lowest BCUT2D eigenvalue weighted by Crippen LogP contribution is -2.12. The van der Waals surface area contributed by atoms with Crippen LogP contribution < -0.4 is 10.7 Å². The van der Waals surface area contributed by atoms with Gasteiger partial charge in [0.2, 0.25) is 0 Å². The van der Waals surface area contributed by atoms with E-state index in [0.717, 1.165) is 34.9 Å². The number of aliphatic imine (C=N–C) groups is 1. The smallest absolute Gasteiger partial charge is 0.0690 e. The van der Waals surface area contributed by atoms with E-state index in [1.165, 1.54) is 66.5 Å². The van der Waals surface area contributed by atoms with E-state index >= 15 is 0 Å². The van der Waals surface area contributed by atoms with Gasteiger partial charge < -0.3 is 4.98 Å². The second kappa shape index (κ2) is 9.10. The molecule has 1 aromatic carbocycles. The SMILES string of the molecule is CCC1=C(C)C2=Cc3cc(c4cccccc3-4)C=c3[nH]c(c4ccccc34)=CC3=NC(=CC1=C2)C(CC)=C3C. The first-order valence-corrected chi connectivity index (χ1v) is 14.0. The van der Waals surface area contributed by atoms with Crippen molar-refractivity contribution in [2.45, 2.75) is 40.5 Å². The van der Waals surface area contributed by atoms with Crippen molar-refractivity contribution in [2.75, 3.05) is 0 Å². The monoisotopic (exact) mass is 504 g/mol. The second-order valence-corrected chi connectivity index (χ2v) is 10.7. The van der Waals surface area contributed by atoms with E-state index in [2.05, 4.69) is 124 Å². The van der Waals surface area contributed by atoms with Gasteiger partial charge in [0, 0.05) is 21.5 Å². The summed E-state index contributed by atoms with van der Waals surface area (Å²) >= 11 is 0. The van der Waals surface area contributed by atoms with Crippen LogP contribution in [0.25, 0.3) is 40.1 Å². The van der Waals surface area contributed by atoms with Gasteiger partial charge in [0.05, 0.1) is 11.4 Å². The fourth-order valence-corrected chi connectivity index (χ4v) is 6.52. The predicted octanol–water partition coefficient (Wildman–Crippen LogP) is 8.01. The van der Waals surface area contributed by atoms with Gasteiger partial charge in [0.15, 0.2) is 0 Å². The number of aromatic nitrogens is 1. The van der Waals surface area contributed by atoms with Crippen molar-refractivity contribution in [3.05, 3.63) is 134 Å². The van der Waals surface area contributed by atoms with Crippen LogP contribution in [-0.2, 0) is 0 Å². The summed E-state index contributed by atoms with van der Waals surface area (Å²) in [4.78, 5) is 8.96. The van der Waals surface area contributed by atoms with Crippen molar-refractivity contribution >= 4 is 34.7 Å². The summed E-state index contributed by atoms with van der Waals surface area (Å²) in [7, 11) is 0. The molecule has 3 heterocycles. The number of H-pyrrole nitrogens is 1. The zero-order valence-electron chi connectivity index (χ0n) is 23.0. The van der Waals surface area contributed by atoms with Crippen molar-refractivity contribution in [3.63, 3.8) is 0 Å². The largest absolute Gasteiger partial charge is 0.354 e. The summed E-state index contributed by atoms with van der Waals surface area (Å²) in [6.07, 6.45) is 13.6. The number of aromatic amines is 1. The third kappa shape index (κ3) is 3.74. The van der Waals surface area contributed by atoms with Gasteiger partial charge in [-0.15, -0.1) is 0 Å². The standard InChI is InChI=1S/C37H32N2/c1-5-28-22(3)24-16-25-18-27(31-13-9-7-8-12-30(25)31)20-36-32-14-10-11-15-33(32)37(39-36)21-34-23(4)29(6-2)35(38-34)19-26(28)17-24/h7-21,39H,5-6H2,1-4H3. The molecule has 2 aromatic rings. The van der Waals surface area contributed by atoms with Crippen LogP contribution in [0, 0.1) is 0 Å². The van der Waals surface area contributed by atoms with Gasteiger partial charge in [-0.2, -0.15) is 0 Å². The van der Waals surface area contributed by atoms with Crippen molar-refractivity contribution in [2.24, 2.45) is 4.99 Å². The van der Waals surface area contributed by atoms with Crippen LogP contribution in [0.3, 0.4) is 0 Å². The molecular formula is C37H32N2. The molecule has 2 aliphatic heterocycles. The van der Waals surface area contributed by atoms with Crippen LogP contribution in [0.1, 0.15) is 51.7 Å². The summed E-state index contributed by atoms with van der Waals surface area (Å²) in [5.74, 6) is 0. The van der Waals surface area contributed by atoms with Gasteiger partial charge in [-0.05, 0) is 119 Å². The van der Waals surface area contributed by atoms with Crippen LogP contribution in [0.15, 0.2) is 117 Å². The van der Waals surface area contributed by atoms with Gasteiger partial charge >= 0.3 is 0 Å². The summed E-state index contributed by atoms with van der Waals surface area (Å²) in [5.41, 5.74) is 15.1. The minimum absolute atomic E-state index is 0.960. The topological polar surface area (TPSA) is 28.1 Å². The molecule has 1 N–H and O–H groups in total. The van der Waals surface area contributed by atoms with E-state index in [-0.39, 0.29) is 0 Å². The Kier molecular flexibility index (Phi) is 5.52. The van der Waals surface area contributed by atoms with E-state index in [9.17, 15) is 0 Å². The summed E-state index contributed by atoms with van der Waals surface area (Å²) in [5, 5.41) is 4.67. The number of nitrogens with one attached hydrogen (secondary N) is 1. The first-order valence-electron chi connectivity index (χ1n) is 14.0. The molecule has 1 aromatic heterocycles. The van der Waals surface area contributed by atoms with Crippen LogP contribution in [0.2, 0.25) is 0 Å². The fraction of sp³-hybridized carbons (Fsp3) is 0.162. The molecule has 5 aliphatic rings. The summed E-state index contributed by atoms with van der Waals surface area (Å²) in [6, 6.07) is 21.9. The zero-order valence-corrected chi connectivity index (χ0v) is 23.0. The zero-order chi connectivity index (χ0) is 26.7. The molecule has 0 spiro atoms. The Morgan fingerprint density at radius 3 is 1.95 bits per heavy atom. The normalized spacial score (nSPS) is 16.7. The number of hydrogen-bond donors (Lipinski definition) is 1. The minimum atomic E-state index is 0.960. The van der Waals surface area contributed by atoms with Gasteiger partial charge in [-0.1, -0.05) is 68.4 Å². The lowest BCUT2D eigenvalue weighted by molar-refractivity contribution is 1.08. The highest BCUT2D eigenvalue weighted by molar-refractivity contribution is 6.23. The predicted molar refractivity (Wildman–Crippen MR) is 166 cm³/mol. The second-order valence-electron chi connectivity index (χ2n) is 10.7. The molecule has 0 saturated heterocycles. The quantitative estimate of drug-likeness (QED) is 0.286. The molecule has 0 radical (unpaired) electrons. The van der Waals surface area contributed by atoms with Crippen LogP contribution in [0.5, 0.6) is 0 Å². The lowest BCUT2D eigenvalue weighted by atomic mass is 9.99. The molecule has 0 atom stereocenters. The van der Waals surface area contributed by atoms with E-state index in [0.29, 0.717) is 0 Å². The number of rotatable bonds is 2. The van der Waals surface area contributed by atoms with E-state index in [1.807, 2.05) is 0 Å². The highest BCUT2D eigenvalue weighted by atomic mass is 14.8. The van der Waals surface area contributed by atoms with Crippen LogP contribution in [0.4, 0.5) is 0 Å². The molecule has 0 amide bonds. The number of hydrogen-bond acceptors (Lipinski definition) is 1. The fourth-order valence-electron chi connectivity index (χ4n) is 6.52. The molecule has 0 fully saturated rings. The Hall–Kier alpha value is -4.43. The number of allylic oxidation sites excluding steroid dienone is 8. The van der Waals surface area contributed by atoms with Gasteiger partial charge in [-0.3, -0.25) is 0 Å². The average molecular weight is 505 g/mol. The minimum Gasteiger partial charge on any atom is -0.354 e. The molecule has 0 unspecified atom stereocenters. The maximum absolute atomic E-state index is 5.20. The molecule has 8 bridgehead atoms. The molecule has 2 nitrogen and oxygen atoms in total. The molecular weight excluding hydrogens is 472 g/mol. The number of nitrogens with zero attached hydrogens (tertiary/aromatic N) is 1. The molecule has 7 rings (SSSR count). The molecule has 3 aliphatic carbocycles. The maximum Gasteiger partial charge on any atom is 0.0690 e. The van der Waals surface area contributed by atoms with Gasteiger partial charge in [0.1, 0.15) is 0 Å². The summed E-state index contributed by atoms with van der Waals surface area (Å²) < 4.78 is 0. The van der Waals surface area contributed by atoms with Crippen molar-refractivity contribution < 1.29 is 0 Å². The van der Waals surface area contributed by atoms with E-state index in [4.69, 9.17) is 4.99 Å². The third-order valence-electron chi connectivity index (χ3n) is 8.57. The van der Waals surface area contributed by atoms with Gasteiger partial charge in [0.25, 0.3) is 0 Å². The highest BCUT2D eigenvalue weighted by Crippen LogP contribution is 2.40. The maximum atomic E-state index is 5.20. The van der Waals surface area contributed by atoms with E-state index < -0.39 is 0 Å². The molecule has 190 valence electrons. The molecule has 0 saturated carbocycles. The number of benzene rings is 1. The Bertz CT molecular complexity index is 1980. The van der Waals surface area contributed by atoms with Crippen molar-refractivity contribution in [3.8, 4) is 11.1 Å². The Morgan fingerprint density at radius 1 is 0.615 bits per heavy atom. The Labute approximate surface area is 229 Å². The molecule has 2 heteroatoms. The average Bonchev–Trinajstić information content (AvgIpc) is 3.56. The first-order chi connectivity index (χ1) is 19.1. The third-order valence-corrected chi connectivity index (χ3v) is 8.57. The van der Waals surface area contributed by atoms with Crippen LogP contribution in [-0.4, -0.2) is 10.7 Å². The van der Waals surface area contributed by atoms with Gasteiger partial charge in [-0.25, -0.2) is 4.99 Å². The van der Waals surface area contributed by atoms with E-state index in [1.54, 1.807) is 0 Å². The Morgan fingerprint density at radius 2 is 1.26 bits per heavy atom.